The van der Waals surface area contributed by atoms with Crippen molar-refractivity contribution in [3.05, 3.63) is 17.5 Å². The molecular formula is C12H17N3O3. The highest BCUT2D eigenvalue weighted by molar-refractivity contribution is 5.86. The molecule has 1 aliphatic heterocycles. The maximum absolute atomic E-state index is 11.7. The van der Waals surface area contributed by atoms with Crippen molar-refractivity contribution in [2.75, 3.05) is 6.54 Å². The summed E-state index contributed by atoms with van der Waals surface area (Å²) < 4.78 is 1.87. The Morgan fingerprint density at radius 3 is 2.83 bits per heavy atom. The van der Waals surface area contributed by atoms with E-state index in [1.54, 1.807) is 11.1 Å². The van der Waals surface area contributed by atoms with Crippen LogP contribution in [0.4, 0.5) is 0 Å². The Morgan fingerprint density at radius 1 is 1.61 bits per heavy atom. The molecule has 18 heavy (non-hydrogen) atoms. The molecule has 0 aromatic carbocycles. The van der Waals surface area contributed by atoms with Gasteiger partial charge in [0, 0.05) is 37.3 Å². The number of aromatic nitrogens is 2. The predicted octanol–water partition coefficient (Wildman–Crippen LogP) is 0.645. The number of carbonyl (C=O) groups is 2. The van der Waals surface area contributed by atoms with Crippen molar-refractivity contribution in [3.8, 4) is 0 Å². The first-order valence-corrected chi connectivity index (χ1v) is 6.04. The summed E-state index contributed by atoms with van der Waals surface area (Å²) in [5.41, 5.74) is 2.01. The highest BCUT2D eigenvalue weighted by Crippen LogP contribution is 2.21. The van der Waals surface area contributed by atoms with Gasteiger partial charge in [0.05, 0.1) is 12.1 Å². The van der Waals surface area contributed by atoms with Gasteiger partial charge < -0.3 is 10.0 Å². The van der Waals surface area contributed by atoms with E-state index in [0.29, 0.717) is 13.1 Å². The van der Waals surface area contributed by atoms with E-state index in [9.17, 15) is 9.59 Å². The van der Waals surface area contributed by atoms with Crippen LogP contribution >= 0.6 is 0 Å². The molecule has 1 aliphatic rings. The Bertz CT molecular complexity index is 481. The zero-order valence-electron chi connectivity index (χ0n) is 10.6. The van der Waals surface area contributed by atoms with Crippen molar-refractivity contribution in [1.29, 1.82) is 0 Å². The lowest BCUT2D eigenvalue weighted by Gasteiger charge is -2.15. The lowest BCUT2D eigenvalue weighted by Crippen LogP contribution is -2.26. The highest BCUT2D eigenvalue weighted by Gasteiger charge is 2.34. The summed E-state index contributed by atoms with van der Waals surface area (Å²) in [7, 11) is 0. The van der Waals surface area contributed by atoms with Crippen LogP contribution in [0.2, 0.25) is 0 Å². The van der Waals surface area contributed by atoms with Gasteiger partial charge in [-0.1, -0.05) is 0 Å². The summed E-state index contributed by atoms with van der Waals surface area (Å²) >= 11 is 0. The van der Waals surface area contributed by atoms with E-state index in [2.05, 4.69) is 5.10 Å². The van der Waals surface area contributed by atoms with Crippen LogP contribution in [0.15, 0.2) is 6.20 Å². The largest absolute Gasteiger partial charge is 0.481 e. The van der Waals surface area contributed by atoms with Gasteiger partial charge >= 0.3 is 5.97 Å². The smallest absolute Gasteiger partial charge is 0.308 e. The number of aliphatic carboxylic acids is 1. The summed E-state index contributed by atoms with van der Waals surface area (Å²) in [6, 6.07) is 0. The minimum atomic E-state index is -0.896. The zero-order chi connectivity index (χ0) is 13.3. The molecule has 6 nitrogen and oxygen atoms in total. The van der Waals surface area contributed by atoms with Crippen molar-refractivity contribution in [2.45, 2.75) is 33.4 Å². The molecule has 2 rings (SSSR count). The predicted molar refractivity (Wildman–Crippen MR) is 63.8 cm³/mol. The van der Waals surface area contributed by atoms with Crippen LogP contribution in [0.1, 0.15) is 24.6 Å². The number of aryl methyl sites for hydroxylation is 1. The number of likely N-dealkylation sites (tertiary alicyclic amines) is 1. The maximum atomic E-state index is 11.7. The first-order valence-electron chi connectivity index (χ1n) is 6.04. The fourth-order valence-electron chi connectivity index (χ4n) is 2.26. The molecule has 0 radical (unpaired) electrons. The number of carbonyl (C=O) groups excluding carboxylic acids is 1. The van der Waals surface area contributed by atoms with E-state index in [1.165, 1.54) is 0 Å². The quantitative estimate of drug-likeness (QED) is 0.852. The second-order valence-electron chi connectivity index (χ2n) is 4.58. The SMILES string of the molecule is CCn1ncc(CN2C[C@@H](C(=O)O)CC2=O)c1C. The van der Waals surface area contributed by atoms with Gasteiger partial charge in [-0.15, -0.1) is 0 Å². The molecule has 2 heterocycles. The van der Waals surface area contributed by atoms with Gasteiger partial charge in [-0.05, 0) is 13.8 Å². The van der Waals surface area contributed by atoms with Crippen molar-refractivity contribution in [1.82, 2.24) is 14.7 Å². The van der Waals surface area contributed by atoms with Crippen LogP contribution in [0.25, 0.3) is 0 Å². The average molecular weight is 251 g/mol. The number of hydrogen-bond acceptors (Lipinski definition) is 3. The van der Waals surface area contributed by atoms with Crippen molar-refractivity contribution < 1.29 is 14.7 Å². The molecule has 98 valence electrons. The Balaban J connectivity index is 2.08. The number of hydrogen-bond donors (Lipinski definition) is 1. The van der Waals surface area contributed by atoms with Crippen LogP contribution in [0.5, 0.6) is 0 Å². The molecule has 6 heteroatoms. The normalized spacial score (nSPS) is 19.6. The lowest BCUT2D eigenvalue weighted by atomic mass is 10.1. The molecule has 0 aliphatic carbocycles. The van der Waals surface area contributed by atoms with E-state index in [4.69, 9.17) is 5.11 Å². The number of carboxylic acids is 1. The number of rotatable bonds is 4. The van der Waals surface area contributed by atoms with Crippen molar-refractivity contribution in [3.63, 3.8) is 0 Å². The van der Waals surface area contributed by atoms with Crippen LogP contribution < -0.4 is 0 Å². The molecule has 1 fully saturated rings. The molecule has 0 unspecified atom stereocenters. The van der Waals surface area contributed by atoms with Gasteiger partial charge in [-0.25, -0.2) is 0 Å². The summed E-state index contributed by atoms with van der Waals surface area (Å²) in [5, 5.41) is 13.1. The van der Waals surface area contributed by atoms with Crippen LogP contribution in [-0.4, -0.2) is 38.2 Å². The monoisotopic (exact) mass is 251 g/mol. The van der Waals surface area contributed by atoms with Gasteiger partial charge in [0.15, 0.2) is 0 Å². The zero-order valence-corrected chi connectivity index (χ0v) is 10.6. The van der Waals surface area contributed by atoms with Gasteiger partial charge in [-0.2, -0.15) is 5.10 Å². The average Bonchev–Trinajstić information content (AvgIpc) is 2.85. The molecule has 1 saturated heterocycles. The number of amides is 1. The second kappa shape index (κ2) is 4.80. The molecular weight excluding hydrogens is 234 g/mol. The highest BCUT2D eigenvalue weighted by atomic mass is 16.4. The molecule has 1 aromatic rings. The molecule has 1 N–H and O–H groups in total. The molecule has 1 amide bonds. The van der Waals surface area contributed by atoms with Gasteiger partial charge in [0.25, 0.3) is 0 Å². The maximum Gasteiger partial charge on any atom is 0.308 e. The Kier molecular flexibility index (Phi) is 3.36. The van der Waals surface area contributed by atoms with Crippen molar-refractivity contribution >= 4 is 11.9 Å². The van der Waals surface area contributed by atoms with Crippen LogP contribution in [-0.2, 0) is 22.7 Å². The van der Waals surface area contributed by atoms with Crippen LogP contribution in [0.3, 0.4) is 0 Å². The summed E-state index contributed by atoms with van der Waals surface area (Å²) in [4.78, 5) is 24.2. The van der Waals surface area contributed by atoms with Gasteiger partial charge in [0.1, 0.15) is 0 Å². The van der Waals surface area contributed by atoms with Gasteiger partial charge in [0.2, 0.25) is 5.91 Å². The third-order valence-electron chi connectivity index (χ3n) is 3.43. The van der Waals surface area contributed by atoms with E-state index in [-0.39, 0.29) is 12.3 Å². The van der Waals surface area contributed by atoms with E-state index >= 15 is 0 Å². The number of nitrogens with zero attached hydrogens (tertiary/aromatic N) is 3. The third-order valence-corrected chi connectivity index (χ3v) is 3.43. The Hall–Kier alpha value is -1.85. The fourth-order valence-corrected chi connectivity index (χ4v) is 2.26. The summed E-state index contributed by atoms with van der Waals surface area (Å²) in [5.74, 6) is -1.56. The first-order chi connectivity index (χ1) is 8.52. The molecule has 1 atom stereocenters. The van der Waals surface area contributed by atoms with E-state index in [1.807, 2.05) is 18.5 Å². The Morgan fingerprint density at radius 2 is 2.33 bits per heavy atom. The molecule has 0 saturated carbocycles. The molecule has 1 aromatic heterocycles. The molecule has 0 bridgehead atoms. The minimum Gasteiger partial charge on any atom is -0.481 e. The first kappa shape index (κ1) is 12.6. The number of carboxylic acid groups (broad SMARTS) is 1. The van der Waals surface area contributed by atoms with Crippen LogP contribution in [0, 0.1) is 12.8 Å². The van der Waals surface area contributed by atoms with Crippen molar-refractivity contribution in [2.24, 2.45) is 5.92 Å². The lowest BCUT2D eigenvalue weighted by molar-refractivity contribution is -0.141. The molecule has 0 spiro atoms. The van der Waals surface area contributed by atoms with E-state index < -0.39 is 11.9 Å². The second-order valence-corrected chi connectivity index (χ2v) is 4.58. The van der Waals surface area contributed by atoms with E-state index in [0.717, 1.165) is 17.8 Å². The topological polar surface area (TPSA) is 75.4 Å². The Labute approximate surface area is 105 Å². The standard InChI is InChI=1S/C12H17N3O3/c1-3-15-8(2)10(5-13-15)7-14-6-9(12(17)18)4-11(14)16/h5,9H,3-4,6-7H2,1-2H3,(H,17,18)/t9-/m0/s1. The summed E-state index contributed by atoms with van der Waals surface area (Å²) in [6.45, 7) is 5.50. The third kappa shape index (κ3) is 2.23. The summed E-state index contributed by atoms with van der Waals surface area (Å²) in [6.07, 6.45) is 1.86. The van der Waals surface area contributed by atoms with Gasteiger partial charge in [-0.3, -0.25) is 14.3 Å². The minimum absolute atomic E-state index is 0.0916. The fraction of sp³-hybridized carbons (Fsp3) is 0.583.